The first-order chi connectivity index (χ1) is 9.04. The van der Waals surface area contributed by atoms with Gasteiger partial charge in [0.15, 0.2) is 0 Å². The van der Waals surface area contributed by atoms with Crippen LogP contribution in [0.5, 0.6) is 0 Å². The number of nitrogens with one attached hydrogen (secondary N) is 1. The summed E-state index contributed by atoms with van der Waals surface area (Å²) >= 11 is 0. The number of benzene rings is 1. The Balaban J connectivity index is 2.55. The molecule has 0 aromatic heterocycles. The number of unbranched alkanes of at least 4 members (excludes halogenated alkanes) is 2. The van der Waals surface area contributed by atoms with Gasteiger partial charge in [-0.2, -0.15) is 5.10 Å². The lowest BCUT2D eigenvalue weighted by molar-refractivity contribution is -0.121. The fourth-order valence-corrected chi connectivity index (χ4v) is 2.16. The highest BCUT2D eigenvalue weighted by Crippen LogP contribution is 2.14. The Labute approximate surface area is 116 Å². The molecule has 1 aromatic carbocycles. The molecule has 0 aliphatic rings. The summed E-state index contributed by atoms with van der Waals surface area (Å²) in [4.78, 5) is 11.5. The topological polar surface area (TPSA) is 41.5 Å². The third-order valence-electron chi connectivity index (χ3n) is 3.13. The van der Waals surface area contributed by atoms with E-state index in [0.29, 0.717) is 6.42 Å². The Hall–Kier alpha value is -1.64. The number of carbonyl (C=O) groups is 1. The molecule has 0 aliphatic heterocycles. The van der Waals surface area contributed by atoms with Crippen LogP contribution in [0.4, 0.5) is 0 Å². The Morgan fingerprint density at radius 3 is 2.42 bits per heavy atom. The number of nitrogens with zero attached hydrogens (tertiary/aromatic N) is 1. The summed E-state index contributed by atoms with van der Waals surface area (Å²) in [6, 6.07) is 4.24. The van der Waals surface area contributed by atoms with Crippen molar-refractivity contribution in [1.29, 1.82) is 0 Å². The number of carbonyl (C=O) groups excluding carboxylic acids is 1. The van der Waals surface area contributed by atoms with Gasteiger partial charge in [0.2, 0.25) is 5.91 Å². The van der Waals surface area contributed by atoms with Crippen LogP contribution in [0.2, 0.25) is 0 Å². The molecule has 0 spiro atoms. The number of hydrogen-bond acceptors (Lipinski definition) is 2. The lowest BCUT2D eigenvalue weighted by Gasteiger charge is -2.06. The predicted octanol–water partition coefficient (Wildman–Crippen LogP) is 3.64. The van der Waals surface area contributed by atoms with Crippen LogP contribution in [0.25, 0.3) is 0 Å². The van der Waals surface area contributed by atoms with E-state index in [1.165, 1.54) is 16.7 Å². The maximum atomic E-state index is 11.5. The van der Waals surface area contributed by atoms with Crippen LogP contribution < -0.4 is 5.43 Å². The van der Waals surface area contributed by atoms with E-state index in [4.69, 9.17) is 0 Å². The highest BCUT2D eigenvalue weighted by molar-refractivity contribution is 5.85. The van der Waals surface area contributed by atoms with Gasteiger partial charge >= 0.3 is 0 Å². The number of hydrogen-bond donors (Lipinski definition) is 1. The van der Waals surface area contributed by atoms with Gasteiger partial charge in [-0.05, 0) is 38.3 Å². The minimum atomic E-state index is -0.00730. The summed E-state index contributed by atoms with van der Waals surface area (Å²) < 4.78 is 0. The SMILES string of the molecule is CCCCCC(=O)N/N=C/c1c(C)cc(C)cc1C. The number of aryl methyl sites for hydroxylation is 3. The maximum Gasteiger partial charge on any atom is 0.240 e. The average Bonchev–Trinajstić information content (AvgIpc) is 2.32. The molecule has 0 atom stereocenters. The Bertz CT molecular complexity index is 441. The molecule has 0 aliphatic carbocycles. The third-order valence-corrected chi connectivity index (χ3v) is 3.13. The van der Waals surface area contributed by atoms with Gasteiger partial charge in [-0.15, -0.1) is 0 Å². The van der Waals surface area contributed by atoms with Crippen LogP contribution in [0, 0.1) is 20.8 Å². The van der Waals surface area contributed by atoms with Crippen molar-refractivity contribution in [3.8, 4) is 0 Å². The predicted molar refractivity (Wildman–Crippen MR) is 80.5 cm³/mol. The van der Waals surface area contributed by atoms with Crippen molar-refractivity contribution in [2.75, 3.05) is 0 Å². The zero-order chi connectivity index (χ0) is 14.3. The molecule has 0 bridgehead atoms. The van der Waals surface area contributed by atoms with E-state index in [9.17, 15) is 4.79 Å². The fourth-order valence-electron chi connectivity index (χ4n) is 2.16. The first-order valence-electron chi connectivity index (χ1n) is 6.94. The molecular formula is C16H24N2O. The molecule has 1 amide bonds. The number of amides is 1. The highest BCUT2D eigenvalue weighted by atomic mass is 16.2. The van der Waals surface area contributed by atoms with Crippen LogP contribution in [-0.4, -0.2) is 12.1 Å². The van der Waals surface area contributed by atoms with E-state index in [1.807, 2.05) is 0 Å². The van der Waals surface area contributed by atoms with E-state index >= 15 is 0 Å². The molecule has 0 unspecified atom stereocenters. The maximum absolute atomic E-state index is 11.5. The Morgan fingerprint density at radius 2 is 1.84 bits per heavy atom. The molecule has 1 aromatic rings. The van der Waals surface area contributed by atoms with Crippen LogP contribution in [-0.2, 0) is 4.79 Å². The second kappa shape index (κ2) is 7.72. The lowest BCUT2D eigenvalue weighted by Crippen LogP contribution is -2.17. The van der Waals surface area contributed by atoms with Gasteiger partial charge in [0, 0.05) is 12.0 Å². The Morgan fingerprint density at radius 1 is 1.21 bits per heavy atom. The molecular weight excluding hydrogens is 236 g/mol. The second-order valence-corrected chi connectivity index (χ2v) is 5.06. The van der Waals surface area contributed by atoms with Crippen molar-refractivity contribution < 1.29 is 4.79 Å². The van der Waals surface area contributed by atoms with Crippen molar-refractivity contribution in [2.24, 2.45) is 5.10 Å². The van der Waals surface area contributed by atoms with E-state index < -0.39 is 0 Å². The summed E-state index contributed by atoms with van der Waals surface area (Å²) in [5, 5.41) is 4.05. The molecule has 1 rings (SSSR count). The van der Waals surface area contributed by atoms with Crippen molar-refractivity contribution in [1.82, 2.24) is 5.43 Å². The molecule has 3 nitrogen and oxygen atoms in total. The van der Waals surface area contributed by atoms with Gasteiger partial charge in [-0.3, -0.25) is 4.79 Å². The molecule has 3 heteroatoms. The van der Waals surface area contributed by atoms with E-state index in [-0.39, 0.29) is 5.91 Å². The van der Waals surface area contributed by atoms with Gasteiger partial charge in [-0.1, -0.05) is 37.5 Å². The van der Waals surface area contributed by atoms with Crippen molar-refractivity contribution in [2.45, 2.75) is 53.4 Å². The van der Waals surface area contributed by atoms with Crippen LogP contribution >= 0.6 is 0 Å². The van der Waals surface area contributed by atoms with Crippen LogP contribution in [0.15, 0.2) is 17.2 Å². The normalized spacial score (nSPS) is 10.9. The van der Waals surface area contributed by atoms with Crippen LogP contribution in [0.3, 0.4) is 0 Å². The fraction of sp³-hybridized carbons (Fsp3) is 0.500. The molecule has 0 saturated heterocycles. The van der Waals surface area contributed by atoms with Gasteiger partial charge in [-0.25, -0.2) is 5.43 Å². The molecule has 0 heterocycles. The number of hydrazone groups is 1. The van der Waals surface area contributed by atoms with Gasteiger partial charge in [0.25, 0.3) is 0 Å². The largest absolute Gasteiger partial charge is 0.273 e. The minimum Gasteiger partial charge on any atom is -0.273 e. The molecule has 0 radical (unpaired) electrons. The highest BCUT2D eigenvalue weighted by Gasteiger charge is 2.02. The average molecular weight is 260 g/mol. The van der Waals surface area contributed by atoms with Gasteiger partial charge < -0.3 is 0 Å². The van der Waals surface area contributed by atoms with E-state index in [2.05, 4.69) is 50.4 Å². The van der Waals surface area contributed by atoms with Crippen LogP contribution in [0.1, 0.15) is 54.9 Å². The first-order valence-corrected chi connectivity index (χ1v) is 6.94. The molecule has 104 valence electrons. The molecule has 0 fully saturated rings. The van der Waals surface area contributed by atoms with Crippen molar-refractivity contribution in [3.05, 3.63) is 34.4 Å². The lowest BCUT2D eigenvalue weighted by atomic mass is 10.0. The van der Waals surface area contributed by atoms with Gasteiger partial charge in [0.1, 0.15) is 0 Å². The summed E-state index contributed by atoms with van der Waals surface area (Å²) in [7, 11) is 0. The molecule has 1 N–H and O–H groups in total. The smallest absolute Gasteiger partial charge is 0.240 e. The first kappa shape index (κ1) is 15.4. The zero-order valence-corrected chi connectivity index (χ0v) is 12.4. The standard InChI is InChI=1S/C16H24N2O/c1-5-6-7-8-16(19)18-17-11-15-13(3)9-12(2)10-14(15)4/h9-11H,5-8H2,1-4H3,(H,18,19)/b17-11+. The summed E-state index contributed by atoms with van der Waals surface area (Å²) in [6.45, 7) is 8.32. The molecule has 19 heavy (non-hydrogen) atoms. The summed E-state index contributed by atoms with van der Waals surface area (Å²) in [6.07, 6.45) is 5.44. The van der Waals surface area contributed by atoms with E-state index in [0.717, 1.165) is 24.8 Å². The summed E-state index contributed by atoms with van der Waals surface area (Å²) in [5.41, 5.74) is 7.28. The Kier molecular flexibility index (Phi) is 6.26. The zero-order valence-electron chi connectivity index (χ0n) is 12.4. The molecule has 0 saturated carbocycles. The monoisotopic (exact) mass is 260 g/mol. The second-order valence-electron chi connectivity index (χ2n) is 5.06. The summed E-state index contributed by atoms with van der Waals surface area (Å²) in [5.74, 6) is -0.00730. The van der Waals surface area contributed by atoms with E-state index in [1.54, 1.807) is 6.21 Å². The quantitative estimate of drug-likeness (QED) is 0.473. The number of rotatable bonds is 6. The van der Waals surface area contributed by atoms with Crippen molar-refractivity contribution >= 4 is 12.1 Å². The third kappa shape index (κ3) is 5.25. The minimum absolute atomic E-state index is 0.00730. The van der Waals surface area contributed by atoms with Gasteiger partial charge in [0.05, 0.1) is 6.21 Å². The van der Waals surface area contributed by atoms with Crippen molar-refractivity contribution in [3.63, 3.8) is 0 Å².